The average molecular weight is 294 g/mol. The second kappa shape index (κ2) is 6.41. The van der Waals surface area contributed by atoms with E-state index in [0.29, 0.717) is 12.0 Å². The first-order chi connectivity index (χ1) is 9.72. The van der Waals surface area contributed by atoms with Crippen LogP contribution in [0.4, 0.5) is 5.13 Å². The molecule has 2 N–H and O–H groups in total. The van der Waals surface area contributed by atoms with Gasteiger partial charge in [-0.15, -0.1) is 11.3 Å². The van der Waals surface area contributed by atoms with Gasteiger partial charge in [-0.2, -0.15) is 0 Å². The van der Waals surface area contributed by atoms with Crippen molar-refractivity contribution in [2.75, 3.05) is 37.6 Å². The van der Waals surface area contributed by atoms with Crippen LogP contribution in [-0.4, -0.2) is 48.6 Å². The highest BCUT2D eigenvalue weighted by atomic mass is 32.1. The summed E-state index contributed by atoms with van der Waals surface area (Å²) in [5.74, 6) is 1.56. The number of nitrogens with zero attached hydrogens (tertiary/aromatic N) is 3. The topological polar surface area (TPSA) is 45.4 Å². The molecular formula is C15H26N4S. The van der Waals surface area contributed by atoms with Gasteiger partial charge in [-0.25, -0.2) is 4.98 Å². The number of aromatic nitrogens is 1. The third kappa shape index (κ3) is 3.32. The van der Waals surface area contributed by atoms with E-state index in [1.165, 1.54) is 30.9 Å². The third-order valence-electron chi connectivity index (χ3n) is 4.86. The molecule has 1 aromatic heterocycles. The van der Waals surface area contributed by atoms with Crippen molar-refractivity contribution in [3.63, 3.8) is 0 Å². The van der Waals surface area contributed by atoms with E-state index in [4.69, 9.17) is 5.73 Å². The predicted molar refractivity (Wildman–Crippen MR) is 85.2 cm³/mol. The highest BCUT2D eigenvalue weighted by molar-refractivity contribution is 7.13. The fourth-order valence-corrected chi connectivity index (χ4v) is 4.25. The van der Waals surface area contributed by atoms with Crippen molar-refractivity contribution in [3.8, 4) is 0 Å². The van der Waals surface area contributed by atoms with Gasteiger partial charge in [0.2, 0.25) is 0 Å². The number of nitrogens with two attached hydrogens (primary N) is 1. The van der Waals surface area contributed by atoms with E-state index in [0.717, 1.165) is 32.1 Å². The van der Waals surface area contributed by atoms with E-state index in [-0.39, 0.29) is 0 Å². The van der Waals surface area contributed by atoms with Crippen molar-refractivity contribution in [1.82, 2.24) is 9.88 Å². The molecule has 112 valence electrons. The van der Waals surface area contributed by atoms with E-state index >= 15 is 0 Å². The van der Waals surface area contributed by atoms with Crippen molar-refractivity contribution in [3.05, 3.63) is 11.6 Å². The van der Waals surface area contributed by atoms with Gasteiger partial charge in [0.25, 0.3) is 0 Å². The molecule has 5 heteroatoms. The van der Waals surface area contributed by atoms with E-state index in [2.05, 4.69) is 27.1 Å². The Morgan fingerprint density at radius 1 is 1.30 bits per heavy atom. The van der Waals surface area contributed by atoms with Crippen LogP contribution in [0.3, 0.4) is 0 Å². The molecule has 3 atom stereocenters. The molecule has 1 aliphatic carbocycles. The van der Waals surface area contributed by atoms with Gasteiger partial charge < -0.3 is 10.6 Å². The molecule has 4 nitrogen and oxygen atoms in total. The summed E-state index contributed by atoms with van der Waals surface area (Å²) in [5.41, 5.74) is 6.32. The van der Waals surface area contributed by atoms with Crippen molar-refractivity contribution in [1.29, 1.82) is 0 Å². The van der Waals surface area contributed by atoms with Gasteiger partial charge in [-0.1, -0.05) is 6.92 Å². The minimum atomic E-state index is 0.420. The average Bonchev–Trinajstić information content (AvgIpc) is 2.98. The second-order valence-corrected chi connectivity index (χ2v) is 7.32. The molecule has 1 aromatic rings. The molecule has 1 aliphatic heterocycles. The van der Waals surface area contributed by atoms with Gasteiger partial charge in [-0.3, -0.25) is 4.90 Å². The van der Waals surface area contributed by atoms with Crippen LogP contribution in [0, 0.1) is 11.8 Å². The lowest BCUT2D eigenvalue weighted by Gasteiger charge is -2.40. The smallest absolute Gasteiger partial charge is 0.185 e. The molecule has 2 aliphatic rings. The summed E-state index contributed by atoms with van der Waals surface area (Å²) in [6.45, 7) is 8.07. The SMILES string of the molecule is CC1CCC(N)C(CN2CCN(c3nccs3)CC2)C1. The van der Waals surface area contributed by atoms with E-state index < -0.39 is 0 Å². The summed E-state index contributed by atoms with van der Waals surface area (Å²) in [4.78, 5) is 9.42. The quantitative estimate of drug-likeness (QED) is 0.926. The van der Waals surface area contributed by atoms with Gasteiger partial charge in [0.05, 0.1) is 0 Å². The van der Waals surface area contributed by atoms with Crippen molar-refractivity contribution in [2.24, 2.45) is 17.6 Å². The van der Waals surface area contributed by atoms with Crippen molar-refractivity contribution < 1.29 is 0 Å². The fourth-order valence-electron chi connectivity index (χ4n) is 3.56. The van der Waals surface area contributed by atoms with Crippen LogP contribution in [0.25, 0.3) is 0 Å². The zero-order valence-electron chi connectivity index (χ0n) is 12.4. The molecule has 0 aromatic carbocycles. The largest absolute Gasteiger partial charge is 0.346 e. The van der Waals surface area contributed by atoms with E-state index in [1.807, 2.05) is 6.20 Å². The maximum absolute atomic E-state index is 6.32. The molecule has 0 radical (unpaired) electrons. The molecule has 1 saturated carbocycles. The highest BCUT2D eigenvalue weighted by Gasteiger charge is 2.29. The van der Waals surface area contributed by atoms with Crippen LogP contribution < -0.4 is 10.6 Å². The van der Waals surface area contributed by atoms with Gasteiger partial charge in [0.1, 0.15) is 0 Å². The molecule has 2 fully saturated rings. The Bertz CT molecular complexity index is 400. The first kappa shape index (κ1) is 14.3. The molecule has 0 amide bonds. The molecular weight excluding hydrogens is 268 g/mol. The molecule has 3 unspecified atom stereocenters. The third-order valence-corrected chi connectivity index (χ3v) is 5.69. The van der Waals surface area contributed by atoms with Crippen LogP contribution in [0.5, 0.6) is 0 Å². The standard InChI is InChI=1S/C15H26N4S/c1-12-2-3-14(16)13(10-12)11-18-5-7-19(8-6-18)15-17-4-9-20-15/h4,9,12-14H,2-3,5-8,10-11,16H2,1H3. The zero-order valence-corrected chi connectivity index (χ0v) is 13.2. The van der Waals surface area contributed by atoms with Crippen LogP contribution in [-0.2, 0) is 0 Å². The lowest BCUT2D eigenvalue weighted by atomic mass is 9.79. The maximum Gasteiger partial charge on any atom is 0.185 e. The Labute approximate surface area is 126 Å². The maximum atomic E-state index is 6.32. The van der Waals surface area contributed by atoms with Gasteiger partial charge in [0.15, 0.2) is 5.13 Å². The van der Waals surface area contributed by atoms with E-state index in [9.17, 15) is 0 Å². The number of hydrogen-bond donors (Lipinski definition) is 1. The minimum Gasteiger partial charge on any atom is -0.346 e. The first-order valence-corrected chi connectivity index (χ1v) is 8.72. The minimum absolute atomic E-state index is 0.420. The lowest BCUT2D eigenvalue weighted by molar-refractivity contribution is 0.156. The van der Waals surface area contributed by atoms with Gasteiger partial charge in [-0.05, 0) is 31.1 Å². The monoisotopic (exact) mass is 294 g/mol. The molecule has 1 saturated heterocycles. The summed E-state index contributed by atoms with van der Waals surface area (Å²) < 4.78 is 0. The van der Waals surface area contributed by atoms with Crippen LogP contribution in [0.2, 0.25) is 0 Å². The summed E-state index contributed by atoms with van der Waals surface area (Å²) in [6.07, 6.45) is 5.74. The molecule has 3 rings (SSSR count). The van der Waals surface area contributed by atoms with Gasteiger partial charge >= 0.3 is 0 Å². The summed E-state index contributed by atoms with van der Waals surface area (Å²) in [6, 6.07) is 0.420. The predicted octanol–water partition coefficient (Wildman–Crippen LogP) is 2.03. The van der Waals surface area contributed by atoms with Crippen LogP contribution in [0.1, 0.15) is 26.2 Å². The van der Waals surface area contributed by atoms with E-state index in [1.54, 1.807) is 11.3 Å². The Morgan fingerprint density at radius 3 is 2.80 bits per heavy atom. The number of hydrogen-bond acceptors (Lipinski definition) is 5. The lowest BCUT2D eigenvalue weighted by Crippen LogP contribution is -2.50. The Morgan fingerprint density at radius 2 is 2.10 bits per heavy atom. The van der Waals surface area contributed by atoms with Crippen molar-refractivity contribution >= 4 is 16.5 Å². The Balaban J connectivity index is 1.48. The molecule has 0 bridgehead atoms. The number of piperazine rings is 1. The summed E-state index contributed by atoms with van der Waals surface area (Å²) >= 11 is 1.74. The van der Waals surface area contributed by atoms with Gasteiger partial charge in [0, 0.05) is 50.3 Å². The fraction of sp³-hybridized carbons (Fsp3) is 0.800. The Kier molecular flexibility index (Phi) is 4.58. The highest BCUT2D eigenvalue weighted by Crippen LogP contribution is 2.29. The molecule has 2 heterocycles. The summed E-state index contributed by atoms with van der Waals surface area (Å²) in [5, 5.41) is 3.23. The zero-order chi connectivity index (χ0) is 13.9. The van der Waals surface area contributed by atoms with Crippen LogP contribution in [0.15, 0.2) is 11.6 Å². The van der Waals surface area contributed by atoms with Crippen LogP contribution >= 0.6 is 11.3 Å². The van der Waals surface area contributed by atoms with Crippen molar-refractivity contribution in [2.45, 2.75) is 32.2 Å². The molecule has 20 heavy (non-hydrogen) atoms. The Hall–Kier alpha value is -0.650. The summed E-state index contributed by atoms with van der Waals surface area (Å²) in [7, 11) is 0. The number of rotatable bonds is 3. The number of thiazole rings is 1. The first-order valence-electron chi connectivity index (χ1n) is 7.84. The second-order valence-electron chi connectivity index (χ2n) is 6.44. The molecule has 0 spiro atoms. The number of anilines is 1. The normalized spacial score (nSPS) is 32.5.